The summed E-state index contributed by atoms with van der Waals surface area (Å²) in [5, 5.41) is 8.27. The smallest absolute Gasteiger partial charge is 0.416 e. The number of halogens is 4. The fourth-order valence-electron chi connectivity index (χ4n) is 2.12. The van der Waals surface area contributed by atoms with Gasteiger partial charge in [-0.3, -0.25) is 0 Å². The quantitative estimate of drug-likeness (QED) is 0.386. The number of nitrogens with zero attached hydrogens (tertiary/aromatic N) is 3. The molecule has 0 saturated heterocycles. The lowest BCUT2D eigenvalue weighted by atomic mass is 10.1. The van der Waals surface area contributed by atoms with Gasteiger partial charge in [-0.1, -0.05) is 23.9 Å². The summed E-state index contributed by atoms with van der Waals surface area (Å²) < 4.78 is 57.3. The maximum Gasteiger partial charge on any atom is 0.416 e. The maximum absolute atomic E-state index is 12.9. The average Bonchev–Trinajstić information content (AvgIpc) is 2.99. The number of rotatable bonds is 6. The van der Waals surface area contributed by atoms with Crippen LogP contribution in [0.2, 0.25) is 0 Å². The number of nitrogen functional groups attached to an aromatic ring is 1. The van der Waals surface area contributed by atoms with Crippen molar-refractivity contribution in [1.29, 1.82) is 0 Å². The molecule has 2 aromatic carbocycles. The molecule has 27 heavy (non-hydrogen) atoms. The molecule has 0 amide bonds. The lowest BCUT2D eigenvalue weighted by molar-refractivity contribution is -0.137. The highest BCUT2D eigenvalue weighted by molar-refractivity contribution is 7.98. The summed E-state index contributed by atoms with van der Waals surface area (Å²) in [6.45, 7) is 0.0377. The van der Waals surface area contributed by atoms with Crippen molar-refractivity contribution in [2.45, 2.75) is 23.7 Å². The Morgan fingerprint density at radius 1 is 1.00 bits per heavy atom. The molecule has 1 aromatic heterocycles. The van der Waals surface area contributed by atoms with Crippen LogP contribution in [0.5, 0.6) is 5.75 Å². The predicted octanol–water partition coefficient (Wildman–Crippen LogP) is 4.02. The minimum absolute atomic E-state index is 0.0377. The van der Waals surface area contributed by atoms with Crippen molar-refractivity contribution in [2.24, 2.45) is 0 Å². The lowest BCUT2D eigenvalue weighted by Gasteiger charge is -2.08. The third kappa shape index (κ3) is 4.91. The van der Waals surface area contributed by atoms with E-state index in [0.29, 0.717) is 28.0 Å². The van der Waals surface area contributed by atoms with E-state index in [2.05, 4.69) is 10.2 Å². The molecule has 3 aromatic rings. The van der Waals surface area contributed by atoms with E-state index in [0.717, 1.165) is 12.1 Å². The first-order chi connectivity index (χ1) is 12.8. The lowest BCUT2D eigenvalue weighted by Crippen LogP contribution is -2.15. The van der Waals surface area contributed by atoms with E-state index >= 15 is 0 Å². The van der Waals surface area contributed by atoms with E-state index in [1.165, 1.54) is 52.8 Å². The van der Waals surface area contributed by atoms with E-state index in [9.17, 15) is 17.6 Å². The topological polar surface area (TPSA) is 66.0 Å². The number of aromatic nitrogens is 3. The Bertz CT molecular complexity index is 895. The van der Waals surface area contributed by atoms with E-state index in [4.69, 9.17) is 10.6 Å². The Morgan fingerprint density at radius 3 is 2.30 bits per heavy atom. The van der Waals surface area contributed by atoms with Crippen LogP contribution >= 0.6 is 11.8 Å². The molecule has 0 aliphatic carbocycles. The summed E-state index contributed by atoms with van der Waals surface area (Å²) in [6, 6.07) is 10.4. The first-order valence-electron chi connectivity index (χ1n) is 7.69. The van der Waals surface area contributed by atoms with Crippen molar-refractivity contribution in [2.75, 3.05) is 5.84 Å². The fourth-order valence-corrected chi connectivity index (χ4v) is 2.95. The number of thioether (sulfide) groups is 1. The van der Waals surface area contributed by atoms with Gasteiger partial charge in [-0.25, -0.2) is 9.07 Å². The van der Waals surface area contributed by atoms with Crippen LogP contribution in [0.25, 0.3) is 0 Å². The van der Waals surface area contributed by atoms with E-state index in [1.807, 2.05) is 0 Å². The van der Waals surface area contributed by atoms with Crippen LogP contribution in [0.4, 0.5) is 17.6 Å². The number of benzene rings is 2. The number of hydrogen-bond acceptors (Lipinski definition) is 5. The van der Waals surface area contributed by atoms with Crippen molar-refractivity contribution >= 4 is 11.8 Å². The molecule has 0 atom stereocenters. The highest BCUT2D eigenvalue weighted by Crippen LogP contribution is 2.30. The molecule has 0 aliphatic heterocycles. The number of ether oxygens (including phenoxy) is 1. The zero-order valence-corrected chi connectivity index (χ0v) is 14.6. The maximum atomic E-state index is 12.9. The van der Waals surface area contributed by atoms with Gasteiger partial charge in [0.15, 0.2) is 5.82 Å². The van der Waals surface area contributed by atoms with Crippen molar-refractivity contribution in [3.05, 3.63) is 71.3 Å². The van der Waals surface area contributed by atoms with Gasteiger partial charge in [0.2, 0.25) is 5.16 Å². The Kier molecular flexibility index (Phi) is 5.54. The first-order valence-corrected chi connectivity index (χ1v) is 8.68. The van der Waals surface area contributed by atoms with E-state index < -0.39 is 11.7 Å². The molecule has 0 spiro atoms. The Hall–Kier alpha value is -2.75. The third-order valence-electron chi connectivity index (χ3n) is 3.57. The molecule has 142 valence electrons. The van der Waals surface area contributed by atoms with Crippen molar-refractivity contribution in [1.82, 2.24) is 14.9 Å². The summed E-state index contributed by atoms with van der Waals surface area (Å²) >= 11 is 1.24. The standard InChI is InChI=1S/C17H14F4N4OS/c18-13-5-7-14(8-6-13)26-9-15-23-24-16(25(15)22)27-10-11-1-3-12(4-2-11)17(19,20)21/h1-8H,9-10,22H2. The van der Waals surface area contributed by atoms with Gasteiger partial charge in [0.1, 0.15) is 18.2 Å². The van der Waals surface area contributed by atoms with Gasteiger partial charge in [-0.05, 0) is 42.0 Å². The Balaban J connectivity index is 1.57. The molecule has 5 nitrogen and oxygen atoms in total. The summed E-state index contributed by atoms with van der Waals surface area (Å²) in [7, 11) is 0. The zero-order chi connectivity index (χ0) is 19.4. The van der Waals surface area contributed by atoms with Gasteiger partial charge in [-0.15, -0.1) is 10.2 Å². The molecule has 0 bridgehead atoms. The molecule has 0 saturated carbocycles. The highest BCUT2D eigenvalue weighted by atomic mass is 32.2. The van der Waals surface area contributed by atoms with E-state index in [-0.39, 0.29) is 12.4 Å². The molecular weight excluding hydrogens is 384 g/mol. The number of hydrogen-bond donors (Lipinski definition) is 1. The van der Waals surface area contributed by atoms with Crippen LogP contribution in [-0.4, -0.2) is 14.9 Å². The molecule has 10 heteroatoms. The second-order valence-corrected chi connectivity index (χ2v) is 6.44. The third-order valence-corrected chi connectivity index (χ3v) is 4.58. The van der Waals surface area contributed by atoms with Crippen LogP contribution in [0.1, 0.15) is 17.0 Å². The molecule has 0 fully saturated rings. The SMILES string of the molecule is Nn1c(COc2ccc(F)cc2)nnc1SCc1ccc(C(F)(F)F)cc1. The van der Waals surface area contributed by atoms with Gasteiger partial charge in [0.25, 0.3) is 0 Å². The van der Waals surface area contributed by atoms with Gasteiger partial charge in [-0.2, -0.15) is 13.2 Å². The molecule has 0 radical (unpaired) electrons. The van der Waals surface area contributed by atoms with E-state index in [1.54, 1.807) is 0 Å². The molecular formula is C17H14F4N4OS. The Morgan fingerprint density at radius 2 is 1.67 bits per heavy atom. The monoisotopic (exact) mass is 398 g/mol. The molecule has 3 rings (SSSR count). The molecule has 1 heterocycles. The van der Waals surface area contributed by atoms with Crippen LogP contribution < -0.4 is 10.6 Å². The minimum atomic E-state index is -4.36. The fraction of sp³-hybridized carbons (Fsp3) is 0.176. The summed E-state index contributed by atoms with van der Waals surface area (Å²) in [6.07, 6.45) is -4.36. The van der Waals surface area contributed by atoms with Crippen LogP contribution in [0, 0.1) is 5.82 Å². The zero-order valence-electron chi connectivity index (χ0n) is 13.8. The van der Waals surface area contributed by atoms with Crippen LogP contribution in [-0.2, 0) is 18.5 Å². The predicted molar refractivity (Wildman–Crippen MR) is 91.9 cm³/mol. The summed E-state index contributed by atoms with van der Waals surface area (Å²) in [5.74, 6) is 6.74. The van der Waals surface area contributed by atoms with Gasteiger partial charge < -0.3 is 10.6 Å². The first kappa shape index (κ1) is 19.0. The van der Waals surface area contributed by atoms with Crippen molar-refractivity contribution in [3.63, 3.8) is 0 Å². The second-order valence-electron chi connectivity index (χ2n) is 5.49. The van der Waals surface area contributed by atoms with Crippen molar-refractivity contribution < 1.29 is 22.3 Å². The van der Waals surface area contributed by atoms with Gasteiger partial charge in [0, 0.05) is 5.75 Å². The molecule has 2 N–H and O–H groups in total. The van der Waals surface area contributed by atoms with Crippen molar-refractivity contribution in [3.8, 4) is 5.75 Å². The number of alkyl halides is 3. The molecule has 0 aliphatic rings. The highest BCUT2D eigenvalue weighted by Gasteiger charge is 2.29. The van der Waals surface area contributed by atoms with Gasteiger partial charge >= 0.3 is 6.18 Å². The molecule has 0 unspecified atom stereocenters. The van der Waals surface area contributed by atoms with Crippen LogP contribution in [0.15, 0.2) is 53.7 Å². The van der Waals surface area contributed by atoms with Gasteiger partial charge in [0.05, 0.1) is 5.56 Å². The minimum Gasteiger partial charge on any atom is -0.486 e. The second kappa shape index (κ2) is 7.87. The summed E-state index contributed by atoms with van der Waals surface area (Å²) in [4.78, 5) is 0. The summed E-state index contributed by atoms with van der Waals surface area (Å²) in [5.41, 5.74) is -0.00131. The Labute approximate surface area is 156 Å². The number of nitrogens with two attached hydrogens (primary N) is 1. The average molecular weight is 398 g/mol. The normalized spacial score (nSPS) is 11.6. The largest absolute Gasteiger partial charge is 0.486 e. The van der Waals surface area contributed by atoms with Crippen LogP contribution in [0.3, 0.4) is 0 Å².